The van der Waals surface area contributed by atoms with Crippen molar-refractivity contribution in [2.75, 3.05) is 13.1 Å². The van der Waals surface area contributed by atoms with E-state index in [0.29, 0.717) is 18.1 Å². The van der Waals surface area contributed by atoms with E-state index in [1.807, 2.05) is 58.6 Å². The Morgan fingerprint density at radius 2 is 2.11 bits per heavy atom. The standard InChI is InChI=1S/C20H22N4O2S/c1-23-11-8-21-18(23)14-26-17-6-4-15(5-7-17)20(25)24-10-2-3-16(13-24)19-22-9-12-27-19/h4-9,11-12,16H,2-3,10,13-14H2,1H3/t16-/m1/s1. The number of aryl methyl sites for hydroxylation is 1. The Bertz CT molecular complexity index is 889. The number of thiazole rings is 1. The second kappa shape index (κ2) is 7.92. The molecule has 0 N–H and O–H groups in total. The summed E-state index contributed by atoms with van der Waals surface area (Å²) in [5.74, 6) is 2.01. The fourth-order valence-corrected chi connectivity index (χ4v) is 4.13. The molecule has 1 saturated heterocycles. The number of rotatable bonds is 5. The molecule has 27 heavy (non-hydrogen) atoms. The third kappa shape index (κ3) is 4.03. The van der Waals surface area contributed by atoms with Crippen molar-refractivity contribution in [2.24, 2.45) is 7.05 Å². The van der Waals surface area contributed by atoms with E-state index < -0.39 is 0 Å². The molecule has 0 saturated carbocycles. The van der Waals surface area contributed by atoms with Crippen molar-refractivity contribution in [3.05, 3.63) is 64.6 Å². The molecule has 0 bridgehead atoms. The van der Waals surface area contributed by atoms with Gasteiger partial charge in [0.2, 0.25) is 0 Å². The Balaban J connectivity index is 1.38. The summed E-state index contributed by atoms with van der Waals surface area (Å²) in [6, 6.07) is 7.36. The summed E-state index contributed by atoms with van der Waals surface area (Å²) in [5.41, 5.74) is 0.694. The summed E-state index contributed by atoms with van der Waals surface area (Å²) in [6.07, 6.45) is 7.58. The van der Waals surface area contributed by atoms with Crippen LogP contribution in [0.1, 0.15) is 39.9 Å². The number of benzene rings is 1. The van der Waals surface area contributed by atoms with Gasteiger partial charge in [-0.05, 0) is 37.1 Å². The van der Waals surface area contributed by atoms with Gasteiger partial charge in [0.25, 0.3) is 5.91 Å². The second-order valence-electron chi connectivity index (χ2n) is 6.73. The first-order valence-electron chi connectivity index (χ1n) is 9.08. The summed E-state index contributed by atoms with van der Waals surface area (Å²) >= 11 is 1.67. The maximum atomic E-state index is 12.9. The molecule has 1 aliphatic heterocycles. The van der Waals surface area contributed by atoms with Crippen LogP contribution in [0.4, 0.5) is 0 Å². The Kier molecular flexibility index (Phi) is 5.20. The number of piperidine rings is 1. The van der Waals surface area contributed by atoms with Gasteiger partial charge in [0, 0.05) is 55.6 Å². The number of carbonyl (C=O) groups is 1. The first-order valence-corrected chi connectivity index (χ1v) is 9.96. The highest BCUT2D eigenvalue weighted by molar-refractivity contribution is 7.09. The van der Waals surface area contributed by atoms with Gasteiger partial charge in [0.05, 0.1) is 5.01 Å². The zero-order valence-electron chi connectivity index (χ0n) is 15.2. The number of aromatic nitrogens is 3. The number of likely N-dealkylation sites (tertiary alicyclic amines) is 1. The summed E-state index contributed by atoms with van der Waals surface area (Å²) in [4.78, 5) is 23.5. The van der Waals surface area contributed by atoms with Crippen molar-refractivity contribution in [3.63, 3.8) is 0 Å². The van der Waals surface area contributed by atoms with Crippen LogP contribution in [0.5, 0.6) is 5.75 Å². The zero-order valence-corrected chi connectivity index (χ0v) is 16.1. The summed E-state index contributed by atoms with van der Waals surface area (Å²) in [6.45, 7) is 1.94. The fraction of sp³-hybridized carbons (Fsp3) is 0.350. The SMILES string of the molecule is Cn1ccnc1COc1ccc(C(=O)N2CCC[C@@H](c3nccs3)C2)cc1. The van der Waals surface area contributed by atoms with E-state index in [4.69, 9.17) is 4.74 Å². The molecule has 0 unspecified atom stereocenters. The first kappa shape index (κ1) is 17.7. The van der Waals surface area contributed by atoms with Gasteiger partial charge in [-0.3, -0.25) is 4.79 Å². The average molecular weight is 382 g/mol. The normalized spacial score (nSPS) is 17.1. The van der Waals surface area contributed by atoms with Crippen LogP contribution in [0.2, 0.25) is 0 Å². The molecule has 1 aromatic carbocycles. The Morgan fingerprint density at radius 1 is 1.26 bits per heavy atom. The molecule has 0 aliphatic carbocycles. The molecule has 1 aliphatic rings. The molecule has 3 aromatic rings. The van der Waals surface area contributed by atoms with E-state index >= 15 is 0 Å². The monoisotopic (exact) mass is 382 g/mol. The maximum absolute atomic E-state index is 12.9. The lowest BCUT2D eigenvalue weighted by Crippen LogP contribution is -2.39. The van der Waals surface area contributed by atoms with Gasteiger partial charge < -0.3 is 14.2 Å². The van der Waals surface area contributed by atoms with Crippen LogP contribution in [0.15, 0.2) is 48.2 Å². The van der Waals surface area contributed by atoms with Crippen LogP contribution in [-0.2, 0) is 13.7 Å². The predicted molar refractivity (Wildman–Crippen MR) is 104 cm³/mol. The number of imidazole rings is 1. The van der Waals surface area contributed by atoms with Crippen molar-refractivity contribution in [1.82, 2.24) is 19.4 Å². The number of nitrogens with zero attached hydrogens (tertiary/aromatic N) is 4. The zero-order chi connectivity index (χ0) is 18.6. The molecule has 3 heterocycles. The highest BCUT2D eigenvalue weighted by atomic mass is 32.1. The highest BCUT2D eigenvalue weighted by Gasteiger charge is 2.26. The van der Waals surface area contributed by atoms with Gasteiger partial charge in [-0.25, -0.2) is 9.97 Å². The van der Waals surface area contributed by atoms with Crippen LogP contribution >= 0.6 is 11.3 Å². The third-order valence-electron chi connectivity index (χ3n) is 4.90. The van der Waals surface area contributed by atoms with Crippen molar-refractivity contribution in [2.45, 2.75) is 25.4 Å². The van der Waals surface area contributed by atoms with E-state index in [1.165, 1.54) is 0 Å². The quantitative estimate of drug-likeness (QED) is 0.678. The predicted octanol–water partition coefficient (Wildman–Crippen LogP) is 3.48. The van der Waals surface area contributed by atoms with Crippen LogP contribution in [0, 0.1) is 0 Å². The number of hydrogen-bond acceptors (Lipinski definition) is 5. The maximum Gasteiger partial charge on any atom is 0.253 e. The van der Waals surface area contributed by atoms with E-state index in [-0.39, 0.29) is 5.91 Å². The molecular formula is C20H22N4O2S. The minimum absolute atomic E-state index is 0.0758. The van der Waals surface area contributed by atoms with Gasteiger partial charge in [-0.1, -0.05) is 0 Å². The molecule has 1 amide bonds. The number of ether oxygens (including phenoxy) is 1. The topological polar surface area (TPSA) is 60.3 Å². The minimum Gasteiger partial charge on any atom is -0.486 e. The Morgan fingerprint density at radius 3 is 2.81 bits per heavy atom. The summed E-state index contributed by atoms with van der Waals surface area (Å²) < 4.78 is 7.69. The van der Waals surface area contributed by atoms with Crippen molar-refractivity contribution in [3.8, 4) is 5.75 Å². The van der Waals surface area contributed by atoms with E-state index in [9.17, 15) is 4.79 Å². The molecular weight excluding hydrogens is 360 g/mol. The van der Waals surface area contributed by atoms with Gasteiger partial charge in [-0.2, -0.15) is 0 Å². The van der Waals surface area contributed by atoms with Crippen LogP contribution in [-0.4, -0.2) is 38.4 Å². The largest absolute Gasteiger partial charge is 0.486 e. The molecule has 0 spiro atoms. The molecule has 4 rings (SSSR count). The Hall–Kier alpha value is -2.67. The van der Waals surface area contributed by atoms with Gasteiger partial charge in [0.1, 0.15) is 18.2 Å². The van der Waals surface area contributed by atoms with Crippen LogP contribution < -0.4 is 4.74 Å². The van der Waals surface area contributed by atoms with Gasteiger partial charge in [0.15, 0.2) is 0 Å². The third-order valence-corrected chi connectivity index (χ3v) is 5.84. The highest BCUT2D eigenvalue weighted by Crippen LogP contribution is 2.29. The van der Waals surface area contributed by atoms with Crippen LogP contribution in [0.3, 0.4) is 0 Å². The van der Waals surface area contributed by atoms with Gasteiger partial charge in [-0.15, -0.1) is 11.3 Å². The van der Waals surface area contributed by atoms with Gasteiger partial charge >= 0.3 is 0 Å². The lowest BCUT2D eigenvalue weighted by atomic mass is 9.98. The van der Waals surface area contributed by atoms with Crippen molar-refractivity contribution >= 4 is 17.2 Å². The van der Waals surface area contributed by atoms with E-state index in [2.05, 4.69) is 9.97 Å². The van der Waals surface area contributed by atoms with Crippen molar-refractivity contribution < 1.29 is 9.53 Å². The molecule has 6 nitrogen and oxygen atoms in total. The average Bonchev–Trinajstić information content (AvgIpc) is 3.38. The molecule has 7 heteroatoms. The summed E-state index contributed by atoms with van der Waals surface area (Å²) in [7, 11) is 1.94. The lowest BCUT2D eigenvalue weighted by Gasteiger charge is -2.32. The number of hydrogen-bond donors (Lipinski definition) is 0. The molecule has 1 fully saturated rings. The second-order valence-corrected chi connectivity index (χ2v) is 7.65. The molecule has 1 atom stereocenters. The summed E-state index contributed by atoms with van der Waals surface area (Å²) in [5, 5.41) is 3.13. The molecule has 0 radical (unpaired) electrons. The van der Waals surface area contributed by atoms with E-state index in [0.717, 1.165) is 42.5 Å². The molecule has 140 valence electrons. The van der Waals surface area contributed by atoms with E-state index in [1.54, 1.807) is 17.5 Å². The Labute approximate surface area is 162 Å². The lowest BCUT2D eigenvalue weighted by molar-refractivity contribution is 0.0707. The van der Waals surface area contributed by atoms with Crippen LogP contribution in [0.25, 0.3) is 0 Å². The number of amides is 1. The smallest absolute Gasteiger partial charge is 0.253 e. The first-order chi connectivity index (χ1) is 13.2. The fourth-order valence-electron chi connectivity index (χ4n) is 3.36. The van der Waals surface area contributed by atoms with Crippen molar-refractivity contribution in [1.29, 1.82) is 0 Å². The minimum atomic E-state index is 0.0758. The molecule has 2 aromatic heterocycles. The number of carbonyl (C=O) groups excluding carboxylic acids is 1.